The molecule has 0 aliphatic rings. The topological polar surface area (TPSA) is 16.4 Å². The monoisotopic (exact) mass is 687 g/mol. The van der Waals surface area contributed by atoms with E-state index < -0.39 is 0 Å². The van der Waals surface area contributed by atoms with Crippen molar-refractivity contribution in [3.8, 4) is 22.3 Å². The van der Waals surface area contributed by atoms with Gasteiger partial charge < -0.3 is 9.32 Å². The third kappa shape index (κ3) is 4.96. The fraction of sp³-hybridized carbons (Fsp3) is 0. The van der Waals surface area contributed by atoms with Crippen molar-refractivity contribution in [1.82, 2.24) is 0 Å². The molecule has 0 spiro atoms. The molecule has 1 heterocycles. The van der Waals surface area contributed by atoms with Gasteiger partial charge in [-0.05, 0) is 120 Å². The van der Waals surface area contributed by atoms with Gasteiger partial charge in [0.25, 0.3) is 0 Å². The highest BCUT2D eigenvalue weighted by Crippen LogP contribution is 2.44. The molecule has 1 aromatic heterocycles. The molecule has 0 amide bonds. The Morgan fingerprint density at radius 1 is 0.296 bits per heavy atom. The minimum absolute atomic E-state index is 0.872. The summed E-state index contributed by atoms with van der Waals surface area (Å²) >= 11 is 0. The Labute approximate surface area is 312 Å². The van der Waals surface area contributed by atoms with Crippen molar-refractivity contribution in [3.63, 3.8) is 0 Å². The van der Waals surface area contributed by atoms with Crippen LogP contribution in [0.4, 0.5) is 17.1 Å². The molecule has 0 atom stereocenters. The summed E-state index contributed by atoms with van der Waals surface area (Å²) < 4.78 is 6.54. The number of hydrogen-bond donors (Lipinski definition) is 0. The molecule has 0 aliphatic heterocycles. The zero-order valence-electron chi connectivity index (χ0n) is 29.4. The number of hydrogen-bond acceptors (Lipinski definition) is 2. The number of anilines is 3. The van der Waals surface area contributed by atoms with E-state index in [1.165, 1.54) is 65.3 Å². The molecule has 0 aliphatic carbocycles. The molecule has 0 radical (unpaired) electrons. The molecule has 0 bridgehead atoms. The molecule has 10 aromatic carbocycles. The van der Waals surface area contributed by atoms with E-state index in [1.54, 1.807) is 0 Å². The van der Waals surface area contributed by atoms with Crippen LogP contribution in [0.2, 0.25) is 0 Å². The summed E-state index contributed by atoms with van der Waals surface area (Å²) in [4.78, 5) is 2.36. The fourth-order valence-electron chi connectivity index (χ4n) is 8.36. The van der Waals surface area contributed by atoms with Gasteiger partial charge in [0, 0.05) is 16.8 Å². The van der Waals surface area contributed by atoms with Crippen LogP contribution in [0, 0.1) is 0 Å². The smallest absolute Gasteiger partial charge is 0.137 e. The first kappa shape index (κ1) is 30.5. The first-order chi connectivity index (χ1) is 26.7. The number of rotatable bonds is 5. The van der Waals surface area contributed by atoms with Crippen LogP contribution >= 0.6 is 0 Å². The van der Waals surface area contributed by atoms with Crippen LogP contribution < -0.4 is 4.90 Å². The van der Waals surface area contributed by atoms with E-state index in [4.69, 9.17) is 4.42 Å². The van der Waals surface area contributed by atoms with Crippen LogP contribution in [0.1, 0.15) is 0 Å². The maximum absolute atomic E-state index is 6.54. The van der Waals surface area contributed by atoms with Crippen molar-refractivity contribution in [2.45, 2.75) is 0 Å². The molecule has 0 unspecified atom stereocenters. The first-order valence-electron chi connectivity index (χ1n) is 18.5. The first-order valence-corrected chi connectivity index (χ1v) is 18.5. The van der Waals surface area contributed by atoms with Crippen LogP contribution in [0.5, 0.6) is 0 Å². The summed E-state index contributed by atoms with van der Waals surface area (Å²) in [5, 5.41) is 12.2. The lowest BCUT2D eigenvalue weighted by atomic mass is 9.94. The second kappa shape index (κ2) is 12.2. The summed E-state index contributed by atoms with van der Waals surface area (Å²) in [5.41, 5.74) is 9.75. The van der Waals surface area contributed by atoms with Crippen LogP contribution in [0.25, 0.3) is 87.3 Å². The molecule has 2 nitrogen and oxygen atoms in total. The zero-order valence-corrected chi connectivity index (χ0v) is 29.4. The third-order valence-corrected chi connectivity index (χ3v) is 11.0. The predicted octanol–water partition coefficient (Wildman–Crippen LogP) is 15.0. The third-order valence-electron chi connectivity index (χ3n) is 11.0. The van der Waals surface area contributed by atoms with Gasteiger partial charge in [-0.1, -0.05) is 146 Å². The average molecular weight is 688 g/mol. The Hall–Kier alpha value is -7.16. The van der Waals surface area contributed by atoms with Gasteiger partial charge >= 0.3 is 0 Å². The standard InChI is InChI=1S/C52H33NO/c1-2-9-34(10-3-1)35-21-26-43(27-22-35)53(48-15-8-16-49-52(48)47-32-39-12-4-5-13-40(39)33-50(47)54-49)44-28-23-36(24-29-44)41-25-30-46-42(31-41)20-19-38-18-17-37-11-6-7-14-45(37)51(38)46/h1-33H. The maximum Gasteiger partial charge on any atom is 0.137 e. The Bertz CT molecular complexity index is 3190. The van der Waals surface area contributed by atoms with E-state index in [1.807, 2.05) is 0 Å². The molecule has 11 aromatic rings. The van der Waals surface area contributed by atoms with Crippen LogP contribution in [-0.2, 0) is 0 Å². The van der Waals surface area contributed by atoms with E-state index in [2.05, 4.69) is 205 Å². The number of fused-ring (bicyclic) bond motifs is 9. The van der Waals surface area contributed by atoms with Crippen LogP contribution in [0.3, 0.4) is 0 Å². The molecule has 54 heavy (non-hydrogen) atoms. The van der Waals surface area contributed by atoms with Crippen molar-refractivity contribution in [3.05, 3.63) is 200 Å². The quantitative estimate of drug-likeness (QED) is 0.168. The average Bonchev–Trinajstić information content (AvgIpc) is 3.61. The van der Waals surface area contributed by atoms with E-state index in [0.29, 0.717) is 0 Å². The highest BCUT2D eigenvalue weighted by atomic mass is 16.3. The highest BCUT2D eigenvalue weighted by Gasteiger charge is 2.20. The van der Waals surface area contributed by atoms with Gasteiger partial charge in [0.2, 0.25) is 0 Å². The summed E-state index contributed by atoms with van der Waals surface area (Å²) in [7, 11) is 0. The molecule has 0 saturated heterocycles. The van der Waals surface area contributed by atoms with Gasteiger partial charge in [0.1, 0.15) is 11.2 Å². The Balaban J connectivity index is 1.05. The zero-order chi connectivity index (χ0) is 35.6. The Kier molecular flexibility index (Phi) is 6.90. The van der Waals surface area contributed by atoms with Crippen molar-refractivity contribution in [2.75, 3.05) is 4.90 Å². The molecular formula is C52H33NO. The highest BCUT2D eigenvalue weighted by molar-refractivity contribution is 6.20. The maximum atomic E-state index is 6.54. The lowest BCUT2D eigenvalue weighted by Crippen LogP contribution is -2.10. The van der Waals surface area contributed by atoms with Crippen LogP contribution in [0.15, 0.2) is 205 Å². The number of furan rings is 1. The minimum atomic E-state index is 0.872. The van der Waals surface area contributed by atoms with Gasteiger partial charge in [-0.25, -0.2) is 0 Å². The number of benzene rings is 10. The summed E-state index contributed by atoms with van der Waals surface area (Å²) in [6.07, 6.45) is 0. The second-order valence-corrected chi connectivity index (χ2v) is 14.1. The van der Waals surface area contributed by atoms with Gasteiger partial charge in [0.05, 0.1) is 11.1 Å². The normalized spacial score (nSPS) is 11.7. The molecule has 0 saturated carbocycles. The van der Waals surface area contributed by atoms with Crippen molar-refractivity contribution < 1.29 is 4.42 Å². The lowest BCUT2D eigenvalue weighted by molar-refractivity contribution is 0.669. The molecule has 2 heteroatoms. The summed E-state index contributed by atoms with van der Waals surface area (Å²) in [6.45, 7) is 0. The summed E-state index contributed by atoms with van der Waals surface area (Å²) in [5.74, 6) is 0. The second-order valence-electron chi connectivity index (χ2n) is 14.1. The molecule has 0 fully saturated rings. The Morgan fingerprint density at radius 3 is 1.63 bits per heavy atom. The van der Waals surface area contributed by atoms with E-state index in [9.17, 15) is 0 Å². The van der Waals surface area contributed by atoms with Crippen LogP contribution in [-0.4, -0.2) is 0 Å². The minimum Gasteiger partial charge on any atom is -0.456 e. The van der Waals surface area contributed by atoms with Crippen molar-refractivity contribution in [2.24, 2.45) is 0 Å². The van der Waals surface area contributed by atoms with Gasteiger partial charge in [-0.2, -0.15) is 0 Å². The van der Waals surface area contributed by atoms with Gasteiger partial charge in [-0.3, -0.25) is 0 Å². The van der Waals surface area contributed by atoms with E-state index in [0.717, 1.165) is 39.0 Å². The Morgan fingerprint density at radius 2 is 0.870 bits per heavy atom. The molecular weight excluding hydrogens is 655 g/mol. The fourth-order valence-corrected chi connectivity index (χ4v) is 8.36. The lowest BCUT2D eigenvalue weighted by Gasteiger charge is -2.26. The number of nitrogens with zero attached hydrogens (tertiary/aromatic N) is 1. The SMILES string of the molecule is c1ccc(-c2ccc(N(c3ccc(-c4ccc5c(ccc6ccc7ccccc7c65)c4)cc3)c3cccc4oc5cc6ccccc6cc5c34)cc2)cc1. The molecule has 11 rings (SSSR count). The van der Waals surface area contributed by atoms with Crippen molar-refractivity contribution >= 4 is 82.1 Å². The van der Waals surface area contributed by atoms with Gasteiger partial charge in [-0.15, -0.1) is 0 Å². The largest absolute Gasteiger partial charge is 0.456 e. The summed E-state index contributed by atoms with van der Waals surface area (Å²) in [6, 6.07) is 72.3. The molecule has 252 valence electrons. The predicted molar refractivity (Wildman–Crippen MR) is 229 cm³/mol. The van der Waals surface area contributed by atoms with Crippen molar-refractivity contribution in [1.29, 1.82) is 0 Å². The van der Waals surface area contributed by atoms with E-state index in [-0.39, 0.29) is 0 Å². The van der Waals surface area contributed by atoms with E-state index >= 15 is 0 Å². The van der Waals surface area contributed by atoms with Gasteiger partial charge in [0.15, 0.2) is 0 Å². The molecule has 0 N–H and O–H groups in total.